The lowest BCUT2D eigenvalue weighted by atomic mass is 9.93. The third kappa shape index (κ3) is 12.4. The summed E-state index contributed by atoms with van der Waals surface area (Å²) < 4.78 is 12.2. The van der Waals surface area contributed by atoms with E-state index in [0.29, 0.717) is 45.3 Å². The second-order valence-corrected chi connectivity index (χ2v) is 16.1. The number of nitrogens with two attached hydrogens (primary N) is 3. The molecular weight excluding hydrogens is 843 g/mol. The summed E-state index contributed by atoms with van der Waals surface area (Å²) in [5.74, 6) is -2.11. The van der Waals surface area contributed by atoms with Crippen molar-refractivity contribution >= 4 is 29.5 Å². The Morgan fingerprint density at radius 2 is 1.62 bits per heavy atom. The number of hydrogen-bond donors (Lipinski definition) is 7. The number of fused-ring (bicyclic) bond motifs is 5. The molecule has 1 aliphatic rings. The minimum absolute atomic E-state index is 0.00288. The zero-order chi connectivity index (χ0) is 47.9. The second-order valence-electron chi connectivity index (χ2n) is 16.1. The van der Waals surface area contributed by atoms with Crippen LogP contribution in [0.15, 0.2) is 60.8 Å². The van der Waals surface area contributed by atoms with Crippen LogP contribution in [0, 0.1) is 25.2 Å². The van der Waals surface area contributed by atoms with E-state index in [1.165, 1.54) is 30.6 Å². The van der Waals surface area contributed by atoms with Crippen LogP contribution in [-0.4, -0.2) is 109 Å². The van der Waals surface area contributed by atoms with Crippen LogP contribution < -0.4 is 47.9 Å². The fourth-order valence-corrected chi connectivity index (χ4v) is 7.70. The molecular formula is C48H61N11O7. The first-order valence-electron chi connectivity index (χ1n) is 22.1. The molecule has 5 rings (SSSR count). The van der Waals surface area contributed by atoms with Crippen molar-refractivity contribution in [1.29, 1.82) is 5.26 Å². The van der Waals surface area contributed by atoms with Gasteiger partial charge in [-0.15, -0.1) is 0 Å². The highest BCUT2D eigenvalue weighted by atomic mass is 16.5. The molecule has 350 valence electrons. The van der Waals surface area contributed by atoms with Crippen molar-refractivity contribution in [3.05, 3.63) is 94.3 Å². The highest BCUT2D eigenvalue weighted by Gasteiger charge is 2.36. The maximum Gasteiger partial charge on any atom is 0.255 e. The quantitative estimate of drug-likeness (QED) is 0.0707. The van der Waals surface area contributed by atoms with Gasteiger partial charge in [0, 0.05) is 49.4 Å². The standard InChI is InChI=1S/C48H61N11O7/c1-6-7-8-31-9-12-34(28(2)23-31)43-54-27-37(29(3)55-43)45(61)57-38(15-16-49)48(64)59(5)42-33-11-14-41(66-22-19-52)36(26-33)35-24-32(10-13-40(35)65-21-18-51)25-39(46(62)53-20-17-50)58-44(60)30(4)56-47(42)63/h9-14,23-24,26-27,30,38-39,42H,6-8,15-16,18-22,25,49,51-52H2,1-5H3,(H,53,62)(H,56,63)(H,57,61)(H,58,60)/t30-,38?,39-,42-/m0/s1. The summed E-state index contributed by atoms with van der Waals surface area (Å²) in [5.41, 5.74) is 23.2. The van der Waals surface area contributed by atoms with Crippen LogP contribution in [0.5, 0.6) is 11.5 Å². The molecule has 5 amide bonds. The molecule has 0 aliphatic carbocycles. The molecule has 66 heavy (non-hydrogen) atoms. The third-order valence-electron chi connectivity index (χ3n) is 11.2. The molecule has 18 nitrogen and oxygen atoms in total. The maximum absolute atomic E-state index is 14.7. The van der Waals surface area contributed by atoms with Crippen molar-refractivity contribution in [1.82, 2.24) is 36.1 Å². The number of nitrogens with one attached hydrogen (secondary N) is 4. The largest absolute Gasteiger partial charge is 0.492 e. The monoisotopic (exact) mass is 903 g/mol. The highest BCUT2D eigenvalue weighted by molar-refractivity contribution is 6.00. The molecule has 3 aromatic carbocycles. The van der Waals surface area contributed by atoms with Gasteiger partial charge in [-0.1, -0.05) is 43.7 Å². The van der Waals surface area contributed by atoms with E-state index in [9.17, 15) is 24.0 Å². The fraction of sp³-hybridized carbons (Fsp3) is 0.417. The normalized spacial score (nSPS) is 16.4. The van der Waals surface area contributed by atoms with Crippen molar-refractivity contribution in [2.45, 2.75) is 84.0 Å². The summed E-state index contributed by atoms with van der Waals surface area (Å²) in [4.78, 5) is 80.6. The van der Waals surface area contributed by atoms with E-state index in [-0.39, 0.29) is 57.8 Å². The maximum atomic E-state index is 14.7. The average molecular weight is 904 g/mol. The number of aryl methyl sites for hydroxylation is 3. The van der Waals surface area contributed by atoms with Gasteiger partial charge in [0.15, 0.2) is 5.82 Å². The minimum atomic E-state index is -1.40. The number of carbonyl (C=O) groups is 5. The van der Waals surface area contributed by atoms with Crippen molar-refractivity contribution in [3.63, 3.8) is 0 Å². The van der Waals surface area contributed by atoms with Crippen LogP contribution in [0.25, 0.3) is 22.5 Å². The van der Waals surface area contributed by atoms with E-state index in [1.807, 2.05) is 19.1 Å². The first-order valence-corrected chi connectivity index (χ1v) is 22.1. The molecule has 0 spiro atoms. The van der Waals surface area contributed by atoms with Gasteiger partial charge in [-0.2, -0.15) is 5.26 Å². The van der Waals surface area contributed by atoms with Crippen LogP contribution in [0.4, 0.5) is 0 Å². The number of rotatable bonds is 18. The van der Waals surface area contributed by atoms with Gasteiger partial charge in [0.1, 0.15) is 55.4 Å². The number of nitrogens with zero attached hydrogens (tertiary/aromatic N) is 4. The van der Waals surface area contributed by atoms with Crippen LogP contribution in [0.1, 0.15) is 77.5 Å². The Hall–Kier alpha value is -6.94. The zero-order valence-corrected chi connectivity index (χ0v) is 38.2. The summed E-state index contributed by atoms with van der Waals surface area (Å²) in [6.07, 6.45) is 4.59. The van der Waals surface area contributed by atoms with Gasteiger partial charge in [-0.25, -0.2) is 9.97 Å². The summed E-state index contributed by atoms with van der Waals surface area (Å²) in [6.45, 7) is 7.65. The molecule has 0 saturated heterocycles. The molecule has 2 heterocycles. The van der Waals surface area contributed by atoms with Crippen molar-refractivity contribution in [2.75, 3.05) is 46.4 Å². The minimum Gasteiger partial charge on any atom is -0.492 e. The lowest BCUT2D eigenvalue weighted by molar-refractivity contribution is -0.141. The van der Waals surface area contributed by atoms with Crippen LogP contribution in [0.2, 0.25) is 0 Å². The SMILES string of the molecule is CCCCc1ccc(-c2ncc(C(=O)NC(CCN)C(=O)N(C)[C@@H]3C(=O)N[C@@H](C)C(=O)N[C@H](C(=O)NCC#N)Cc4ccc(OCCN)c(c4)-c4cc3ccc4OCCN)c(C)n2)c(C)c1. The Bertz CT molecular complexity index is 2440. The average Bonchev–Trinajstić information content (AvgIpc) is 3.30. The van der Waals surface area contributed by atoms with Gasteiger partial charge >= 0.3 is 0 Å². The molecule has 10 N–H and O–H groups in total. The van der Waals surface area contributed by atoms with Gasteiger partial charge < -0.3 is 52.8 Å². The summed E-state index contributed by atoms with van der Waals surface area (Å²) in [7, 11) is 1.42. The number of aromatic nitrogens is 2. The number of carbonyl (C=O) groups excluding carboxylic acids is 5. The third-order valence-corrected chi connectivity index (χ3v) is 11.2. The van der Waals surface area contributed by atoms with Gasteiger partial charge in [0.2, 0.25) is 23.6 Å². The molecule has 4 bridgehead atoms. The van der Waals surface area contributed by atoms with E-state index in [4.69, 9.17) is 31.9 Å². The number of benzene rings is 3. The fourth-order valence-electron chi connectivity index (χ4n) is 7.70. The van der Waals surface area contributed by atoms with E-state index in [1.54, 1.807) is 43.3 Å². The first kappa shape index (κ1) is 50.1. The van der Waals surface area contributed by atoms with Crippen molar-refractivity contribution < 1.29 is 33.4 Å². The Labute approximate surface area is 385 Å². The number of unbranched alkanes of at least 4 members (excludes halogenated alkanes) is 1. The van der Waals surface area contributed by atoms with E-state index < -0.39 is 53.7 Å². The Balaban J connectivity index is 1.55. The van der Waals surface area contributed by atoms with Gasteiger partial charge in [-0.05, 0) is 93.1 Å². The number of amides is 5. The molecule has 4 aromatic rings. The molecule has 4 atom stereocenters. The Morgan fingerprint density at radius 3 is 2.26 bits per heavy atom. The number of likely N-dealkylation sites (N-methyl/N-ethyl adjacent to an activating group) is 1. The smallest absolute Gasteiger partial charge is 0.255 e. The van der Waals surface area contributed by atoms with E-state index in [0.717, 1.165) is 30.4 Å². The van der Waals surface area contributed by atoms with Gasteiger partial charge in [-0.3, -0.25) is 24.0 Å². The van der Waals surface area contributed by atoms with Gasteiger partial charge in [0.05, 0.1) is 17.3 Å². The van der Waals surface area contributed by atoms with Crippen LogP contribution in [-0.2, 0) is 32.0 Å². The molecule has 0 saturated carbocycles. The number of hydrogen-bond acceptors (Lipinski definition) is 13. The predicted octanol–water partition coefficient (Wildman–Crippen LogP) is 2.28. The van der Waals surface area contributed by atoms with Crippen LogP contribution in [0.3, 0.4) is 0 Å². The lowest BCUT2D eigenvalue weighted by Crippen LogP contribution is -2.56. The van der Waals surface area contributed by atoms with Crippen molar-refractivity contribution in [2.24, 2.45) is 17.2 Å². The summed E-state index contributed by atoms with van der Waals surface area (Å²) in [6, 6.07) is 13.2. The number of nitriles is 1. The highest BCUT2D eigenvalue weighted by Crippen LogP contribution is 2.40. The van der Waals surface area contributed by atoms with E-state index in [2.05, 4.69) is 50.3 Å². The molecule has 18 heteroatoms. The first-order chi connectivity index (χ1) is 31.7. The predicted molar refractivity (Wildman–Crippen MR) is 249 cm³/mol. The number of ether oxygens (including phenoxy) is 2. The molecule has 0 radical (unpaired) electrons. The summed E-state index contributed by atoms with van der Waals surface area (Å²) >= 11 is 0. The Kier molecular flexibility index (Phi) is 18.1. The van der Waals surface area contributed by atoms with E-state index >= 15 is 0 Å². The van der Waals surface area contributed by atoms with Crippen LogP contribution >= 0.6 is 0 Å². The van der Waals surface area contributed by atoms with Crippen molar-refractivity contribution in [3.8, 4) is 40.1 Å². The Morgan fingerprint density at radius 1 is 0.924 bits per heavy atom. The summed E-state index contributed by atoms with van der Waals surface area (Å²) in [5, 5.41) is 19.9. The molecule has 1 unspecified atom stereocenters. The molecule has 0 fully saturated rings. The lowest BCUT2D eigenvalue weighted by Gasteiger charge is -2.32. The topological polar surface area (TPSA) is 283 Å². The zero-order valence-electron chi connectivity index (χ0n) is 38.2. The molecule has 1 aromatic heterocycles. The molecule has 1 aliphatic heterocycles. The van der Waals surface area contributed by atoms with Gasteiger partial charge in [0.25, 0.3) is 5.91 Å². The second kappa shape index (κ2) is 23.8.